The molecule has 0 radical (unpaired) electrons. The maximum atomic E-state index is 13.6. The molecule has 2 aromatic rings. The van der Waals surface area contributed by atoms with Crippen LogP contribution in [-0.2, 0) is 9.59 Å². The minimum Gasteiger partial charge on any atom is -0.366 e. The van der Waals surface area contributed by atoms with Crippen LogP contribution >= 0.6 is 23.2 Å². The topological polar surface area (TPSA) is 40.6 Å². The second-order valence-corrected chi connectivity index (χ2v) is 9.08. The number of carbonyl (C=O) groups is 2. The van der Waals surface area contributed by atoms with Gasteiger partial charge in [-0.25, -0.2) is 4.90 Å². The normalized spacial score (nSPS) is 18.0. The minimum absolute atomic E-state index is 0.293. The van der Waals surface area contributed by atoms with Gasteiger partial charge in [0.1, 0.15) is 5.70 Å². The Labute approximate surface area is 187 Å². The number of piperidine rings is 1. The van der Waals surface area contributed by atoms with Crippen molar-refractivity contribution < 1.29 is 9.59 Å². The number of likely N-dealkylation sites (tertiary alicyclic amines) is 1. The molecular formula is C24H24Cl2N2O2. The van der Waals surface area contributed by atoms with Crippen LogP contribution in [0.1, 0.15) is 36.5 Å². The summed E-state index contributed by atoms with van der Waals surface area (Å²) in [5, 5.41) is 0.851. The van der Waals surface area contributed by atoms with Crippen LogP contribution in [0.4, 0.5) is 5.69 Å². The summed E-state index contributed by atoms with van der Waals surface area (Å²) >= 11 is 12.5. The number of anilines is 1. The highest BCUT2D eigenvalue weighted by atomic mass is 35.5. The molecule has 1 saturated heterocycles. The highest BCUT2D eigenvalue weighted by Gasteiger charge is 2.43. The first-order valence-corrected chi connectivity index (χ1v) is 10.9. The fourth-order valence-electron chi connectivity index (χ4n) is 4.08. The molecule has 2 aromatic carbocycles. The van der Waals surface area contributed by atoms with E-state index in [1.54, 1.807) is 18.2 Å². The van der Waals surface area contributed by atoms with E-state index >= 15 is 0 Å². The zero-order chi connectivity index (χ0) is 21.6. The lowest BCUT2D eigenvalue weighted by atomic mass is 9.97. The second-order valence-electron chi connectivity index (χ2n) is 8.23. The monoisotopic (exact) mass is 442 g/mol. The van der Waals surface area contributed by atoms with Gasteiger partial charge in [0.15, 0.2) is 0 Å². The van der Waals surface area contributed by atoms with Crippen LogP contribution in [0.5, 0.6) is 0 Å². The number of benzene rings is 2. The van der Waals surface area contributed by atoms with Gasteiger partial charge in [0.2, 0.25) is 0 Å². The molecule has 156 valence electrons. The molecule has 4 rings (SSSR count). The summed E-state index contributed by atoms with van der Waals surface area (Å²) in [6, 6.07) is 10.7. The third kappa shape index (κ3) is 3.63. The fourth-order valence-corrected chi connectivity index (χ4v) is 4.58. The summed E-state index contributed by atoms with van der Waals surface area (Å²) in [5.41, 5.74) is 4.05. The molecule has 0 spiro atoms. The molecule has 0 atom stereocenters. The molecule has 2 aliphatic heterocycles. The Hall–Kier alpha value is -2.30. The third-order valence-corrected chi connectivity index (χ3v) is 6.66. The number of hydrogen-bond donors (Lipinski definition) is 0. The number of rotatable bonds is 3. The summed E-state index contributed by atoms with van der Waals surface area (Å²) in [4.78, 5) is 30.5. The summed E-state index contributed by atoms with van der Waals surface area (Å²) < 4.78 is 0. The Bertz CT molecular complexity index is 1070. The van der Waals surface area contributed by atoms with Gasteiger partial charge in [-0.15, -0.1) is 0 Å². The smallest absolute Gasteiger partial charge is 0.282 e. The summed E-state index contributed by atoms with van der Waals surface area (Å²) in [5.74, 6) is -0.0348. The molecule has 0 aromatic heterocycles. The lowest BCUT2D eigenvalue weighted by molar-refractivity contribution is -0.120. The van der Waals surface area contributed by atoms with E-state index < -0.39 is 0 Å². The van der Waals surface area contributed by atoms with Crippen molar-refractivity contribution in [2.75, 3.05) is 18.0 Å². The van der Waals surface area contributed by atoms with Crippen molar-refractivity contribution in [3.8, 4) is 0 Å². The minimum atomic E-state index is -0.346. The first kappa shape index (κ1) is 21.0. The van der Waals surface area contributed by atoms with Crippen molar-refractivity contribution in [1.82, 2.24) is 4.90 Å². The molecular weight excluding hydrogens is 419 g/mol. The Morgan fingerprint density at radius 2 is 1.60 bits per heavy atom. The summed E-state index contributed by atoms with van der Waals surface area (Å²) in [7, 11) is 0. The van der Waals surface area contributed by atoms with Crippen LogP contribution in [0, 0.1) is 19.8 Å². The van der Waals surface area contributed by atoms with Crippen LogP contribution in [0.2, 0.25) is 10.0 Å². The number of aryl methyl sites for hydroxylation is 2. The molecule has 0 aliphatic carbocycles. The standard InChI is InChI=1S/C24H24Cl2N2O2/c1-14-8-10-27(11-9-14)22-21(19-7-5-17(25)13-20(19)26)23(29)28(24(22)30)18-6-4-15(2)16(3)12-18/h4-7,12-14H,8-11H2,1-3H3. The van der Waals surface area contributed by atoms with Gasteiger partial charge in [-0.05, 0) is 68.0 Å². The van der Waals surface area contributed by atoms with Crippen molar-refractivity contribution in [2.45, 2.75) is 33.6 Å². The van der Waals surface area contributed by atoms with Gasteiger partial charge in [-0.1, -0.05) is 42.3 Å². The summed E-state index contributed by atoms with van der Waals surface area (Å²) in [6.45, 7) is 7.67. The molecule has 0 bridgehead atoms. The first-order valence-electron chi connectivity index (χ1n) is 10.2. The van der Waals surface area contributed by atoms with E-state index in [2.05, 4.69) is 6.92 Å². The van der Waals surface area contributed by atoms with Gasteiger partial charge in [-0.2, -0.15) is 0 Å². The van der Waals surface area contributed by atoms with Gasteiger partial charge in [0.25, 0.3) is 11.8 Å². The Morgan fingerprint density at radius 3 is 2.23 bits per heavy atom. The first-order chi connectivity index (χ1) is 14.3. The van der Waals surface area contributed by atoms with Crippen LogP contribution in [0.25, 0.3) is 5.57 Å². The maximum absolute atomic E-state index is 13.6. The van der Waals surface area contributed by atoms with Gasteiger partial charge in [0.05, 0.1) is 16.3 Å². The molecule has 0 unspecified atom stereocenters. The number of hydrogen-bond acceptors (Lipinski definition) is 3. The highest BCUT2D eigenvalue weighted by Crippen LogP contribution is 2.39. The van der Waals surface area contributed by atoms with E-state index in [1.165, 1.54) is 4.90 Å². The average Bonchev–Trinajstić information content (AvgIpc) is 2.95. The number of amides is 2. The number of halogens is 2. The van der Waals surface area contributed by atoms with Gasteiger partial charge in [0, 0.05) is 23.7 Å². The van der Waals surface area contributed by atoms with Gasteiger partial charge >= 0.3 is 0 Å². The zero-order valence-corrected chi connectivity index (χ0v) is 18.8. The number of imide groups is 1. The molecule has 1 fully saturated rings. The van der Waals surface area contributed by atoms with Crippen molar-refractivity contribution in [2.24, 2.45) is 5.92 Å². The summed E-state index contributed by atoms with van der Waals surface area (Å²) in [6.07, 6.45) is 1.96. The molecule has 2 aliphatic rings. The quantitative estimate of drug-likeness (QED) is 0.578. The van der Waals surface area contributed by atoms with E-state index in [1.807, 2.05) is 36.9 Å². The van der Waals surface area contributed by atoms with Crippen molar-refractivity contribution >= 4 is 46.3 Å². The Balaban J connectivity index is 1.85. The number of nitrogens with zero attached hydrogens (tertiary/aromatic N) is 2. The van der Waals surface area contributed by atoms with E-state index in [0.29, 0.717) is 38.5 Å². The van der Waals surface area contributed by atoms with Crippen LogP contribution in [0.15, 0.2) is 42.1 Å². The maximum Gasteiger partial charge on any atom is 0.282 e. The SMILES string of the molecule is Cc1ccc(N2C(=O)C(c3ccc(Cl)cc3Cl)=C(N3CCC(C)CC3)C2=O)cc1C. The van der Waals surface area contributed by atoms with E-state index in [9.17, 15) is 9.59 Å². The van der Waals surface area contributed by atoms with Crippen LogP contribution in [-0.4, -0.2) is 29.8 Å². The van der Waals surface area contributed by atoms with Crippen molar-refractivity contribution in [1.29, 1.82) is 0 Å². The lowest BCUT2D eigenvalue weighted by Gasteiger charge is -2.32. The third-order valence-electron chi connectivity index (χ3n) is 6.11. The fraction of sp³-hybridized carbons (Fsp3) is 0.333. The molecule has 2 heterocycles. The Morgan fingerprint density at radius 1 is 0.900 bits per heavy atom. The van der Waals surface area contributed by atoms with Crippen LogP contribution in [0.3, 0.4) is 0 Å². The molecule has 6 heteroatoms. The largest absolute Gasteiger partial charge is 0.366 e. The zero-order valence-electron chi connectivity index (χ0n) is 17.3. The predicted octanol–water partition coefficient (Wildman–Crippen LogP) is 5.63. The molecule has 2 amide bonds. The van der Waals surface area contributed by atoms with E-state index in [-0.39, 0.29) is 11.8 Å². The predicted molar refractivity (Wildman–Crippen MR) is 122 cm³/mol. The number of carbonyl (C=O) groups excluding carboxylic acids is 2. The lowest BCUT2D eigenvalue weighted by Crippen LogP contribution is -2.38. The van der Waals surface area contributed by atoms with Crippen molar-refractivity contribution in [3.63, 3.8) is 0 Å². The van der Waals surface area contributed by atoms with E-state index in [4.69, 9.17) is 23.2 Å². The van der Waals surface area contributed by atoms with Gasteiger partial charge < -0.3 is 4.90 Å². The molecule has 4 nitrogen and oxygen atoms in total. The Kier molecular flexibility index (Phi) is 5.65. The molecule has 30 heavy (non-hydrogen) atoms. The van der Waals surface area contributed by atoms with Crippen molar-refractivity contribution in [3.05, 3.63) is 68.8 Å². The molecule has 0 saturated carbocycles. The van der Waals surface area contributed by atoms with Crippen LogP contribution < -0.4 is 4.90 Å². The highest BCUT2D eigenvalue weighted by molar-refractivity contribution is 6.47. The van der Waals surface area contributed by atoms with Gasteiger partial charge in [-0.3, -0.25) is 9.59 Å². The second kappa shape index (κ2) is 8.09. The average molecular weight is 443 g/mol. The van der Waals surface area contributed by atoms with E-state index in [0.717, 1.165) is 37.1 Å². The molecule has 0 N–H and O–H groups in total.